The first-order valence-corrected chi connectivity index (χ1v) is 4.35. The Morgan fingerprint density at radius 1 is 1.45 bits per heavy atom. The van der Waals surface area contributed by atoms with Gasteiger partial charge >= 0.3 is 0 Å². The topological polar surface area (TPSA) is 32.3 Å². The molecule has 2 nitrogen and oxygen atoms in total. The van der Waals surface area contributed by atoms with Crippen LogP contribution < -0.4 is 5.32 Å². The number of rotatable bonds is 4. The van der Waals surface area contributed by atoms with Crippen LogP contribution in [0.1, 0.15) is 26.2 Å². The standard InChI is InChI=1S/C9H17NO/c1-2-3-4-5-6-9(11)7-10-8-9/h4-5,10-11H,2-3,6-8H2,1H3/b5-4+. The number of allylic oxidation sites excluding steroid dienone is 1. The van der Waals surface area contributed by atoms with Gasteiger partial charge in [0.25, 0.3) is 0 Å². The Hall–Kier alpha value is -0.340. The molecule has 1 fully saturated rings. The normalized spacial score (nSPS) is 22.0. The Morgan fingerprint density at radius 2 is 2.18 bits per heavy atom. The third-order valence-electron chi connectivity index (χ3n) is 2.03. The van der Waals surface area contributed by atoms with Crippen LogP contribution in [0, 0.1) is 0 Å². The molecule has 0 amide bonds. The molecular formula is C9H17NO. The van der Waals surface area contributed by atoms with Gasteiger partial charge in [-0.2, -0.15) is 0 Å². The van der Waals surface area contributed by atoms with Crippen LogP contribution >= 0.6 is 0 Å². The predicted molar refractivity (Wildman–Crippen MR) is 46.5 cm³/mol. The minimum absolute atomic E-state index is 0.426. The number of hydrogen-bond acceptors (Lipinski definition) is 2. The van der Waals surface area contributed by atoms with Crippen molar-refractivity contribution in [2.24, 2.45) is 0 Å². The first kappa shape index (κ1) is 8.75. The number of hydrogen-bond donors (Lipinski definition) is 2. The second kappa shape index (κ2) is 3.88. The van der Waals surface area contributed by atoms with E-state index >= 15 is 0 Å². The van der Waals surface area contributed by atoms with Gasteiger partial charge in [0.2, 0.25) is 0 Å². The maximum absolute atomic E-state index is 9.60. The van der Waals surface area contributed by atoms with E-state index in [2.05, 4.69) is 24.4 Å². The summed E-state index contributed by atoms with van der Waals surface area (Å²) in [5.74, 6) is 0. The van der Waals surface area contributed by atoms with Gasteiger partial charge in [0, 0.05) is 13.1 Å². The fourth-order valence-corrected chi connectivity index (χ4v) is 1.15. The Morgan fingerprint density at radius 3 is 2.64 bits per heavy atom. The van der Waals surface area contributed by atoms with Gasteiger partial charge in [0.05, 0.1) is 5.60 Å². The van der Waals surface area contributed by atoms with E-state index in [1.54, 1.807) is 0 Å². The van der Waals surface area contributed by atoms with E-state index in [1.165, 1.54) is 6.42 Å². The van der Waals surface area contributed by atoms with Gasteiger partial charge in [-0.15, -0.1) is 0 Å². The van der Waals surface area contributed by atoms with Gasteiger partial charge in [-0.1, -0.05) is 25.5 Å². The highest BCUT2D eigenvalue weighted by atomic mass is 16.3. The lowest BCUT2D eigenvalue weighted by atomic mass is 9.93. The SMILES string of the molecule is CCC/C=C/CC1(O)CNC1. The van der Waals surface area contributed by atoms with E-state index < -0.39 is 5.60 Å². The van der Waals surface area contributed by atoms with Gasteiger partial charge < -0.3 is 10.4 Å². The third kappa shape index (κ3) is 2.64. The summed E-state index contributed by atoms with van der Waals surface area (Å²) < 4.78 is 0. The summed E-state index contributed by atoms with van der Waals surface area (Å²) in [4.78, 5) is 0. The lowest BCUT2D eigenvalue weighted by Gasteiger charge is -2.36. The molecule has 0 aromatic carbocycles. The first-order valence-electron chi connectivity index (χ1n) is 4.35. The lowest BCUT2D eigenvalue weighted by Crippen LogP contribution is -2.59. The molecule has 0 spiro atoms. The van der Waals surface area contributed by atoms with Crippen molar-refractivity contribution in [3.05, 3.63) is 12.2 Å². The highest BCUT2D eigenvalue weighted by Crippen LogP contribution is 2.15. The molecule has 1 saturated heterocycles. The van der Waals surface area contributed by atoms with Crippen LogP contribution in [0.5, 0.6) is 0 Å². The molecule has 0 saturated carbocycles. The number of β-amino-alcohol motifs (C(OH)–C–C–N with tert-alkyl or cyclic N) is 1. The molecule has 2 heteroatoms. The van der Waals surface area contributed by atoms with Crippen LogP contribution in [0.15, 0.2) is 12.2 Å². The molecule has 64 valence electrons. The van der Waals surface area contributed by atoms with Crippen LogP contribution in [-0.2, 0) is 0 Å². The van der Waals surface area contributed by atoms with Gasteiger partial charge in [-0.05, 0) is 12.8 Å². The molecule has 0 atom stereocenters. The number of nitrogens with one attached hydrogen (secondary N) is 1. The summed E-state index contributed by atoms with van der Waals surface area (Å²) in [6.45, 7) is 3.66. The zero-order chi connectivity index (χ0) is 8.16. The van der Waals surface area contributed by atoms with E-state index in [0.29, 0.717) is 0 Å². The van der Waals surface area contributed by atoms with Crippen LogP contribution in [0.25, 0.3) is 0 Å². The molecule has 2 N–H and O–H groups in total. The molecule has 1 rings (SSSR count). The van der Waals surface area contributed by atoms with Gasteiger partial charge in [0.1, 0.15) is 0 Å². The molecule has 0 aromatic rings. The van der Waals surface area contributed by atoms with Crippen molar-refractivity contribution in [1.82, 2.24) is 5.32 Å². The van der Waals surface area contributed by atoms with Crippen molar-refractivity contribution in [3.8, 4) is 0 Å². The Bertz CT molecular complexity index is 138. The number of unbranched alkanes of at least 4 members (excludes halogenated alkanes) is 1. The van der Waals surface area contributed by atoms with E-state index in [4.69, 9.17) is 0 Å². The van der Waals surface area contributed by atoms with Crippen LogP contribution in [0.3, 0.4) is 0 Å². The summed E-state index contributed by atoms with van der Waals surface area (Å²) in [6, 6.07) is 0. The van der Waals surface area contributed by atoms with Crippen molar-refractivity contribution < 1.29 is 5.11 Å². The summed E-state index contributed by atoms with van der Waals surface area (Å²) in [5, 5.41) is 12.7. The van der Waals surface area contributed by atoms with Crippen LogP contribution in [0.4, 0.5) is 0 Å². The minimum Gasteiger partial charge on any atom is -0.387 e. The van der Waals surface area contributed by atoms with Crippen molar-refractivity contribution >= 4 is 0 Å². The Kier molecular flexibility index (Phi) is 3.09. The van der Waals surface area contributed by atoms with Gasteiger partial charge in [-0.3, -0.25) is 0 Å². The van der Waals surface area contributed by atoms with Gasteiger partial charge in [-0.25, -0.2) is 0 Å². The Balaban J connectivity index is 2.10. The molecule has 0 aliphatic carbocycles. The average Bonchev–Trinajstić information content (AvgIpc) is 1.95. The highest BCUT2D eigenvalue weighted by molar-refractivity contribution is 4.99. The molecule has 1 aliphatic heterocycles. The van der Waals surface area contributed by atoms with Crippen molar-refractivity contribution in [3.63, 3.8) is 0 Å². The second-order valence-electron chi connectivity index (χ2n) is 3.29. The molecular weight excluding hydrogens is 138 g/mol. The second-order valence-corrected chi connectivity index (χ2v) is 3.29. The summed E-state index contributed by atoms with van der Waals surface area (Å²) in [5.41, 5.74) is -0.426. The van der Waals surface area contributed by atoms with Gasteiger partial charge in [0.15, 0.2) is 0 Å². The zero-order valence-electron chi connectivity index (χ0n) is 7.14. The smallest absolute Gasteiger partial charge is 0.0929 e. The molecule has 0 radical (unpaired) electrons. The Labute approximate surface area is 68.3 Å². The fourth-order valence-electron chi connectivity index (χ4n) is 1.15. The van der Waals surface area contributed by atoms with E-state index in [1.807, 2.05) is 0 Å². The molecule has 0 aromatic heterocycles. The summed E-state index contributed by atoms with van der Waals surface area (Å²) >= 11 is 0. The molecule has 1 aliphatic rings. The van der Waals surface area contributed by atoms with E-state index in [9.17, 15) is 5.11 Å². The van der Waals surface area contributed by atoms with E-state index in [0.717, 1.165) is 25.9 Å². The summed E-state index contributed by atoms with van der Waals surface area (Å²) in [7, 11) is 0. The molecule has 1 heterocycles. The van der Waals surface area contributed by atoms with Crippen LogP contribution in [0.2, 0.25) is 0 Å². The monoisotopic (exact) mass is 155 g/mol. The largest absolute Gasteiger partial charge is 0.387 e. The molecule has 0 unspecified atom stereocenters. The zero-order valence-corrected chi connectivity index (χ0v) is 7.14. The molecule has 11 heavy (non-hydrogen) atoms. The van der Waals surface area contributed by atoms with Crippen LogP contribution in [-0.4, -0.2) is 23.8 Å². The summed E-state index contributed by atoms with van der Waals surface area (Å²) in [6.07, 6.45) is 7.36. The highest BCUT2D eigenvalue weighted by Gasteiger charge is 2.32. The number of aliphatic hydroxyl groups is 1. The van der Waals surface area contributed by atoms with Crippen molar-refractivity contribution in [2.75, 3.05) is 13.1 Å². The first-order chi connectivity index (χ1) is 5.27. The van der Waals surface area contributed by atoms with Crippen molar-refractivity contribution in [1.29, 1.82) is 0 Å². The minimum atomic E-state index is -0.426. The predicted octanol–water partition coefficient (Wildman–Crippen LogP) is 1.07. The van der Waals surface area contributed by atoms with Crippen molar-refractivity contribution in [2.45, 2.75) is 31.8 Å². The maximum Gasteiger partial charge on any atom is 0.0929 e. The quantitative estimate of drug-likeness (QED) is 0.595. The fraction of sp³-hybridized carbons (Fsp3) is 0.778. The average molecular weight is 155 g/mol. The molecule has 0 bridgehead atoms. The third-order valence-corrected chi connectivity index (χ3v) is 2.03. The van der Waals surface area contributed by atoms with E-state index in [-0.39, 0.29) is 0 Å². The lowest BCUT2D eigenvalue weighted by molar-refractivity contribution is -0.00664. The maximum atomic E-state index is 9.60.